The quantitative estimate of drug-likeness (QED) is 0.837. The van der Waals surface area contributed by atoms with E-state index in [1.165, 1.54) is 57.8 Å². The summed E-state index contributed by atoms with van der Waals surface area (Å²) in [7, 11) is 2.36. The van der Waals surface area contributed by atoms with Crippen molar-refractivity contribution < 1.29 is 0 Å². The van der Waals surface area contributed by atoms with Gasteiger partial charge in [0, 0.05) is 18.1 Å². The first kappa shape index (κ1) is 16.3. The maximum absolute atomic E-state index is 6.24. The van der Waals surface area contributed by atoms with Crippen LogP contribution >= 0.6 is 0 Å². The van der Waals surface area contributed by atoms with Crippen LogP contribution in [0.4, 0.5) is 0 Å². The zero-order valence-corrected chi connectivity index (χ0v) is 14.3. The molecule has 2 aliphatic carbocycles. The molecule has 0 aliphatic heterocycles. The maximum atomic E-state index is 6.24. The van der Waals surface area contributed by atoms with Crippen LogP contribution in [-0.2, 0) is 0 Å². The Morgan fingerprint density at radius 2 is 1.55 bits per heavy atom. The van der Waals surface area contributed by atoms with Gasteiger partial charge in [-0.2, -0.15) is 0 Å². The van der Waals surface area contributed by atoms with Crippen molar-refractivity contribution in [1.29, 1.82) is 0 Å². The third kappa shape index (κ3) is 3.39. The molecule has 0 heterocycles. The topological polar surface area (TPSA) is 29.3 Å². The molecule has 2 saturated carbocycles. The standard InChI is InChI=1S/C18H36N2/c1-5-15-6-12-18(14-19,13-7-15)20(4)16-8-10-17(2,3)11-9-16/h15-16H,5-14,19H2,1-4H3. The molecule has 118 valence electrons. The molecule has 0 aromatic carbocycles. The van der Waals surface area contributed by atoms with Gasteiger partial charge in [-0.15, -0.1) is 0 Å². The lowest BCUT2D eigenvalue weighted by Gasteiger charge is -2.51. The van der Waals surface area contributed by atoms with Gasteiger partial charge in [0.25, 0.3) is 0 Å². The Bertz CT molecular complexity index is 293. The van der Waals surface area contributed by atoms with E-state index in [1.54, 1.807) is 0 Å². The lowest BCUT2D eigenvalue weighted by molar-refractivity contribution is 0.00353. The molecule has 2 fully saturated rings. The van der Waals surface area contributed by atoms with E-state index < -0.39 is 0 Å². The van der Waals surface area contributed by atoms with E-state index in [0.717, 1.165) is 18.5 Å². The highest BCUT2D eigenvalue weighted by atomic mass is 15.2. The molecule has 0 aromatic heterocycles. The molecule has 0 spiro atoms. The summed E-state index contributed by atoms with van der Waals surface area (Å²) in [6.07, 6.45) is 12.2. The Hall–Kier alpha value is -0.0800. The molecular formula is C18H36N2. The molecular weight excluding hydrogens is 244 g/mol. The predicted molar refractivity (Wildman–Crippen MR) is 87.8 cm³/mol. The summed E-state index contributed by atoms with van der Waals surface area (Å²) in [6.45, 7) is 8.04. The fourth-order valence-electron chi connectivity index (χ4n) is 4.48. The summed E-state index contributed by atoms with van der Waals surface area (Å²) < 4.78 is 0. The number of nitrogens with two attached hydrogens (primary N) is 1. The van der Waals surface area contributed by atoms with Gasteiger partial charge in [0.1, 0.15) is 0 Å². The molecule has 2 rings (SSSR count). The minimum Gasteiger partial charge on any atom is -0.329 e. The molecule has 20 heavy (non-hydrogen) atoms. The summed E-state index contributed by atoms with van der Waals surface area (Å²) in [5, 5.41) is 0. The minimum absolute atomic E-state index is 0.303. The third-order valence-electron chi connectivity index (χ3n) is 6.60. The Labute approximate surface area is 126 Å². The van der Waals surface area contributed by atoms with E-state index in [1.807, 2.05) is 0 Å². The van der Waals surface area contributed by atoms with E-state index in [-0.39, 0.29) is 0 Å². The number of hydrogen-bond donors (Lipinski definition) is 1. The Kier molecular flexibility index (Phi) is 5.18. The van der Waals surface area contributed by atoms with Gasteiger partial charge in [0.2, 0.25) is 0 Å². The minimum atomic E-state index is 0.303. The number of likely N-dealkylation sites (N-methyl/N-ethyl adjacent to an activating group) is 1. The van der Waals surface area contributed by atoms with Crippen LogP contribution in [-0.4, -0.2) is 30.1 Å². The normalized spacial score (nSPS) is 35.4. The smallest absolute Gasteiger partial charge is 0.0331 e. The van der Waals surface area contributed by atoms with Gasteiger partial charge in [0.15, 0.2) is 0 Å². The first-order valence-corrected chi connectivity index (χ1v) is 8.85. The number of hydrogen-bond acceptors (Lipinski definition) is 2. The van der Waals surface area contributed by atoms with Crippen molar-refractivity contribution >= 4 is 0 Å². The van der Waals surface area contributed by atoms with Crippen molar-refractivity contribution in [2.75, 3.05) is 13.6 Å². The van der Waals surface area contributed by atoms with E-state index >= 15 is 0 Å². The molecule has 0 bridgehead atoms. The van der Waals surface area contributed by atoms with Crippen LogP contribution < -0.4 is 5.73 Å². The number of nitrogens with zero attached hydrogens (tertiary/aromatic N) is 1. The fourth-order valence-corrected chi connectivity index (χ4v) is 4.48. The van der Waals surface area contributed by atoms with E-state index in [9.17, 15) is 0 Å². The average Bonchev–Trinajstić information content (AvgIpc) is 2.46. The lowest BCUT2D eigenvalue weighted by Crippen LogP contribution is -2.58. The van der Waals surface area contributed by atoms with Crippen LogP contribution in [0.15, 0.2) is 0 Å². The largest absolute Gasteiger partial charge is 0.329 e. The van der Waals surface area contributed by atoms with Gasteiger partial charge in [-0.25, -0.2) is 0 Å². The molecule has 2 heteroatoms. The molecule has 0 aromatic rings. The Morgan fingerprint density at radius 3 is 2.00 bits per heavy atom. The molecule has 0 unspecified atom stereocenters. The molecule has 0 radical (unpaired) electrons. The first-order chi connectivity index (χ1) is 9.42. The second-order valence-electron chi connectivity index (χ2n) is 8.29. The van der Waals surface area contributed by atoms with E-state index in [4.69, 9.17) is 5.73 Å². The van der Waals surface area contributed by atoms with Crippen molar-refractivity contribution in [2.24, 2.45) is 17.1 Å². The van der Waals surface area contributed by atoms with Crippen LogP contribution in [0.2, 0.25) is 0 Å². The Balaban J connectivity index is 1.97. The van der Waals surface area contributed by atoms with Crippen molar-refractivity contribution in [3.63, 3.8) is 0 Å². The van der Waals surface area contributed by atoms with Gasteiger partial charge >= 0.3 is 0 Å². The molecule has 2 N–H and O–H groups in total. The zero-order chi connectivity index (χ0) is 14.8. The van der Waals surface area contributed by atoms with Gasteiger partial charge in [-0.3, -0.25) is 4.90 Å². The summed E-state index contributed by atoms with van der Waals surface area (Å²) in [6, 6.07) is 0.768. The highest BCUT2D eigenvalue weighted by Crippen LogP contribution is 2.42. The lowest BCUT2D eigenvalue weighted by atomic mass is 9.71. The third-order valence-corrected chi connectivity index (χ3v) is 6.60. The summed E-state index contributed by atoms with van der Waals surface area (Å²) in [4.78, 5) is 2.70. The van der Waals surface area contributed by atoms with E-state index in [2.05, 4.69) is 32.7 Å². The molecule has 0 saturated heterocycles. The van der Waals surface area contributed by atoms with Crippen LogP contribution in [0, 0.1) is 11.3 Å². The van der Waals surface area contributed by atoms with Crippen LogP contribution in [0.25, 0.3) is 0 Å². The van der Waals surface area contributed by atoms with Crippen molar-refractivity contribution in [3.8, 4) is 0 Å². The highest BCUT2D eigenvalue weighted by molar-refractivity contribution is 4.98. The van der Waals surface area contributed by atoms with Gasteiger partial charge in [0.05, 0.1) is 0 Å². The summed E-state index contributed by atoms with van der Waals surface area (Å²) in [5.41, 5.74) is 7.11. The van der Waals surface area contributed by atoms with Gasteiger partial charge < -0.3 is 5.73 Å². The van der Waals surface area contributed by atoms with Gasteiger partial charge in [-0.1, -0.05) is 27.2 Å². The number of rotatable bonds is 4. The van der Waals surface area contributed by atoms with Gasteiger partial charge in [-0.05, 0) is 69.7 Å². The average molecular weight is 281 g/mol. The zero-order valence-electron chi connectivity index (χ0n) is 14.3. The van der Waals surface area contributed by atoms with Crippen molar-refractivity contribution in [1.82, 2.24) is 4.90 Å². The highest BCUT2D eigenvalue weighted by Gasteiger charge is 2.41. The summed E-state index contributed by atoms with van der Waals surface area (Å²) >= 11 is 0. The predicted octanol–water partition coefficient (Wildman–Crippen LogP) is 4.18. The van der Waals surface area contributed by atoms with Crippen LogP contribution in [0.1, 0.15) is 78.6 Å². The second-order valence-corrected chi connectivity index (χ2v) is 8.29. The van der Waals surface area contributed by atoms with Crippen molar-refractivity contribution in [3.05, 3.63) is 0 Å². The van der Waals surface area contributed by atoms with E-state index in [0.29, 0.717) is 11.0 Å². The first-order valence-electron chi connectivity index (χ1n) is 8.85. The van der Waals surface area contributed by atoms with Crippen LogP contribution in [0.5, 0.6) is 0 Å². The maximum Gasteiger partial charge on any atom is 0.0331 e. The molecule has 0 atom stereocenters. The monoisotopic (exact) mass is 280 g/mol. The van der Waals surface area contributed by atoms with Crippen LogP contribution in [0.3, 0.4) is 0 Å². The second kappa shape index (κ2) is 6.36. The molecule has 2 aliphatic rings. The Morgan fingerprint density at radius 1 is 1.00 bits per heavy atom. The summed E-state index contributed by atoms with van der Waals surface area (Å²) in [5.74, 6) is 0.952. The molecule has 0 amide bonds. The fraction of sp³-hybridized carbons (Fsp3) is 1.00. The van der Waals surface area contributed by atoms with Crippen molar-refractivity contribution in [2.45, 2.75) is 90.1 Å². The SMILES string of the molecule is CCC1CCC(CN)(N(C)C2CCC(C)(C)CC2)CC1. The molecule has 2 nitrogen and oxygen atoms in total.